The van der Waals surface area contributed by atoms with Crippen LogP contribution in [-0.4, -0.2) is 6.26 Å². The summed E-state index contributed by atoms with van der Waals surface area (Å²) in [6.45, 7) is 2.19. The molecule has 0 radical (unpaired) electrons. The molecular weight excluding hydrogens is 300 g/mol. The van der Waals surface area contributed by atoms with Gasteiger partial charge in [-0.15, -0.1) is 0 Å². The number of hydrogen-bond acceptors (Lipinski definition) is 3. The second-order valence-electron chi connectivity index (χ2n) is 4.59. The Morgan fingerprint density at radius 1 is 0.750 bits per heavy atom. The molecule has 0 amide bonds. The molecule has 0 aliphatic carbocycles. The second-order valence-corrected chi connectivity index (χ2v) is 7.83. The van der Waals surface area contributed by atoms with Crippen molar-refractivity contribution in [1.29, 1.82) is 0 Å². The van der Waals surface area contributed by atoms with E-state index in [4.69, 9.17) is 0 Å². The summed E-state index contributed by atoms with van der Waals surface area (Å²) in [4.78, 5) is 1.34. The van der Waals surface area contributed by atoms with Crippen molar-refractivity contribution in [1.82, 2.24) is 0 Å². The zero-order valence-corrected chi connectivity index (χ0v) is 14.4. The van der Waals surface area contributed by atoms with Crippen LogP contribution in [0.3, 0.4) is 0 Å². The third-order valence-electron chi connectivity index (χ3n) is 3.05. The van der Waals surface area contributed by atoms with Gasteiger partial charge in [-0.3, -0.25) is 0 Å². The zero-order valence-electron chi connectivity index (χ0n) is 12.0. The first-order chi connectivity index (χ1) is 9.81. The molecule has 0 aliphatic rings. The van der Waals surface area contributed by atoms with E-state index in [1.165, 1.54) is 21.6 Å². The number of thioether (sulfide) groups is 1. The average molecular weight is 321 g/mol. The largest absolute Gasteiger partial charge is 0.161 e. The SMILES string of the molecule is CCc1ccc(SSCc2ccc(CSC)cc2)cc1. The highest BCUT2D eigenvalue weighted by Gasteiger charge is 1.98. The van der Waals surface area contributed by atoms with Gasteiger partial charge in [0.15, 0.2) is 0 Å². The smallest absolute Gasteiger partial charge is 0.0292 e. The van der Waals surface area contributed by atoms with Gasteiger partial charge in [-0.05, 0) is 41.5 Å². The molecule has 2 aromatic rings. The van der Waals surface area contributed by atoms with Crippen LogP contribution < -0.4 is 0 Å². The van der Waals surface area contributed by atoms with Gasteiger partial charge in [0, 0.05) is 16.4 Å². The van der Waals surface area contributed by atoms with Crippen LogP contribution in [0.25, 0.3) is 0 Å². The molecular formula is C17H20S3. The Kier molecular flexibility index (Phi) is 6.91. The van der Waals surface area contributed by atoms with Crippen molar-refractivity contribution in [3.63, 3.8) is 0 Å². The van der Waals surface area contributed by atoms with E-state index in [1.807, 2.05) is 33.3 Å². The highest BCUT2D eigenvalue weighted by molar-refractivity contribution is 8.76. The Hall–Kier alpha value is -0.510. The molecule has 3 heteroatoms. The summed E-state index contributed by atoms with van der Waals surface area (Å²) >= 11 is 1.87. The maximum Gasteiger partial charge on any atom is 0.0292 e. The summed E-state index contributed by atoms with van der Waals surface area (Å²) in [5.74, 6) is 2.16. The van der Waals surface area contributed by atoms with Gasteiger partial charge in [0.25, 0.3) is 0 Å². The van der Waals surface area contributed by atoms with E-state index in [-0.39, 0.29) is 0 Å². The highest BCUT2D eigenvalue weighted by atomic mass is 33.1. The Labute approximate surface area is 134 Å². The standard InChI is InChI=1S/C17H20S3/c1-3-14-8-10-17(11-9-14)20-19-13-16-6-4-15(5-7-16)12-18-2/h4-11H,3,12-13H2,1-2H3. The van der Waals surface area contributed by atoms with Gasteiger partial charge in [-0.2, -0.15) is 11.8 Å². The van der Waals surface area contributed by atoms with Crippen molar-refractivity contribution in [3.8, 4) is 0 Å². The highest BCUT2D eigenvalue weighted by Crippen LogP contribution is 2.33. The van der Waals surface area contributed by atoms with Crippen LogP contribution in [0.15, 0.2) is 53.4 Å². The summed E-state index contributed by atoms with van der Waals surface area (Å²) in [5.41, 5.74) is 4.22. The summed E-state index contributed by atoms with van der Waals surface area (Å²) in [5, 5.41) is 0. The third-order valence-corrected chi connectivity index (χ3v) is 5.99. The predicted octanol–water partition coefficient (Wildman–Crippen LogP) is 6.05. The Morgan fingerprint density at radius 2 is 1.30 bits per heavy atom. The maximum atomic E-state index is 2.25. The Balaban J connectivity index is 1.79. The molecule has 106 valence electrons. The molecule has 0 N–H and O–H groups in total. The van der Waals surface area contributed by atoms with E-state index >= 15 is 0 Å². The van der Waals surface area contributed by atoms with Gasteiger partial charge in [-0.1, -0.05) is 64.9 Å². The van der Waals surface area contributed by atoms with Gasteiger partial charge in [-0.25, -0.2) is 0 Å². The van der Waals surface area contributed by atoms with Gasteiger partial charge in [0.05, 0.1) is 0 Å². The fraction of sp³-hybridized carbons (Fsp3) is 0.294. The van der Waals surface area contributed by atoms with Crippen molar-refractivity contribution in [2.75, 3.05) is 6.26 Å². The first-order valence-electron chi connectivity index (χ1n) is 6.77. The normalized spacial score (nSPS) is 10.7. The van der Waals surface area contributed by atoms with E-state index in [9.17, 15) is 0 Å². The Morgan fingerprint density at radius 3 is 1.85 bits per heavy atom. The minimum absolute atomic E-state index is 1.06. The van der Waals surface area contributed by atoms with Crippen LogP contribution >= 0.6 is 33.3 Å². The molecule has 0 saturated heterocycles. The molecule has 0 bridgehead atoms. The summed E-state index contributed by atoms with van der Waals surface area (Å²) in [6.07, 6.45) is 3.25. The van der Waals surface area contributed by atoms with E-state index in [0.717, 1.165) is 17.9 Å². The van der Waals surface area contributed by atoms with Crippen LogP contribution in [0.5, 0.6) is 0 Å². The predicted molar refractivity (Wildman–Crippen MR) is 96.6 cm³/mol. The van der Waals surface area contributed by atoms with Gasteiger partial charge in [0.2, 0.25) is 0 Å². The van der Waals surface area contributed by atoms with E-state index in [0.29, 0.717) is 0 Å². The van der Waals surface area contributed by atoms with E-state index in [2.05, 4.69) is 61.7 Å². The number of rotatable bonds is 7. The van der Waals surface area contributed by atoms with Crippen LogP contribution in [-0.2, 0) is 17.9 Å². The topological polar surface area (TPSA) is 0 Å². The lowest BCUT2D eigenvalue weighted by molar-refractivity contribution is 1.13. The lowest BCUT2D eigenvalue weighted by Crippen LogP contribution is -1.83. The average Bonchev–Trinajstić information content (AvgIpc) is 2.50. The fourth-order valence-electron chi connectivity index (χ4n) is 1.84. The molecule has 0 saturated carbocycles. The van der Waals surface area contributed by atoms with Crippen LogP contribution in [0, 0.1) is 0 Å². The van der Waals surface area contributed by atoms with Crippen LogP contribution in [0.1, 0.15) is 23.6 Å². The van der Waals surface area contributed by atoms with Gasteiger partial charge < -0.3 is 0 Å². The molecule has 0 aromatic heterocycles. The first-order valence-corrected chi connectivity index (χ1v) is 10.5. The fourth-order valence-corrected chi connectivity index (χ4v) is 4.47. The molecule has 0 aliphatic heterocycles. The monoisotopic (exact) mass is 320 g/mol. The molecule has 2 aromatic carbocycles. The van der Waals surface area contributed by atoms with E-state index in [1.54, 1.807) is 0 Å². The molecule has 0 spiro atoms. The quantitative estimate of drug-likeness (QED) is 0.570. The number of hydrogen-bond donors (Lipinski definition) is 0. The molecule has 0 nitrogen and oxygen atoms in total. The molecule has 0 heterocycles. The van der Waals surface area contributed by atoms with Crippen molar-refractivity contribution in [2.24, 2.45) is 0 Å². The molecule has 20 heavy (non-hydrogen) atoms. The van der Waals surface area contributed by atoms with Gasteiger partial charge in [0.1, 0.15) is 0 Å². The summed E-state index contributed by atoms with van der Waals surface area (Å²) < 4.78 is 0. The number of benzene rings is 2. The third kappa shape index (κ3) is 5.12. The van der Waals surface area contributed by atoms with Gasteiger partial charge >= 0.3 is 0 Å². The maximum absolute atomic E-state index is 2.25. The molecule has 2 rings (SSSR count). The summed E-state index contributed by atoms with van der Waals surface area (Å²) in [6, 6.07) is 17.9. The second kappa shape index (κ2) is 8.71. The number of aryl methyl sites for hydroxylation is 1. The minimum Gasteiger partial charge on any atom is -0.161 e. The van der Waals surface area contributed by atoms with Crippen LogP contribution in [0.2, 0.25) is 0 Å². The molecule has 0 unspecified atom stereocenters. The first kappa shape index (κ1) is 15.9. The lowest BCUT2D eigenvalue weighted by atomic mass is 10.2. The van der Waals surface area contributed by atoms with Crippen molar-refractivity contribution < 1.29 is 0 Å². The van der Waals surface area contributed by atoms with Crippen LogP contribution in [0.4, 0.5) is 0 Å². The molecule has 0 atom stereocenters. The molecule has 0 fully saturated rings. The minimum atomic E-state index is 1.06. The lowest BCUT2D eigenvalue weighted by Gasteiger charge is -2.04. The van der Waals surface area contributed by atoms with Crippen molar-refractivity contribution >= 4 is 33.3 Å². The van der Waals surface area contributed by atoms with Crippen molar-refractivity contribution in [2.45, 2.75) is 29.7 Å². The Bertz CT molecular complexity index is 503. The van der Waals surface area contributed by atoms with E-state index < -0.39 is 0 Å². The zero-order chi connectivity index (χ0) is 14.2. The van der Waals surface area contributed by atoms with Crippen molar-refractivity contribution in [3.05, 3.63) is 65.2 Å². The summed E-state index contributed by atoms with van der Waals surface area (Å²) in [7, 11) is 3.77.